The Labute approximate surface area is 199 Å². The number of amides is 1. The molecule has 2 aromatic heterocycles. The smallest absolute Gasteiger partial charge is 0.228 e. The first-order valence-corrected chi connectivity index (χ1v) is 11.7. The van der Waals surface area contributed by atoms with Crippen molar-refractivity contribution in [1.82, 2.24) is 14.9 Å². The molecule has 5 rings (SSSR count). The van der Waals surface area contributed by atoms with Crippen LogP contribution in [0.4, 0.5) is 11.6 Å². The molecule has 0 bridgehead atoms. The van der Waals surface area contributed by atoms with E-state index >= 15 is 0 Å². The third kappa shape index (κ3) is 4.74. The molecule has 0 spiro atoms. The van der Waals surface area contributed by atoms with E-state index in [1.54, 1.807) is 19.5 Å². The number of carbonyl (C=O) groups excluding carboxylic acids is 1. The van der Waals surface area contributed by atoms with Gasteiger partial charge < -0.3 is 15.4 Å². The second kappa shape index (κ2) is 9.41. The molecule has 1 saturated carbocycles. The number of rotatable bonds is 6. The van der Waals surface area contributed by atoms with E-state index in [2.05, 4.69) is 68.5 Å². The van der Waals surface area contributed by atoms with Crippen LogP contribution in [-0.2, 0) is 16.1 Å². The number of aromatic nitrogens is 2. The molecule has 34 heavy (non-hydrogen) atoms. The van der Waals surface area contributed by atoms with Crippen LogP contribution in [0.25, 0.3) is 10.8 Å². The summed E-state index contributed by atoms with van der Waals surface area (Å²) in [6.07, 6.45) is 4.81. The molecule has 7 heteroatoms. The Morgan fingerprint density at radius 1 is 1.15 bits per heavy atom. The molecule has 1 aromatic carbocycles. The number of nitrogens with zero attached hydrogens (tertiary/aromatic N) is 3. The fourth-order valence-electron chi connectivity index (χ4n) is 4.30. The second-order valence-electron chi connectivity index (χ2n) is 9.19. The predicted octanol–water partition coefficient (Wildman–Crippen LogP) is 3.50. The van der Waals surface area contributed by atoms with Crippen LogP contribution in [0.1, 0.15) is 30.0 Å². The molecule has 1 amide bonds. The SMILES string of the molecule is CNc1ncc(C#Cc2ccc(CN3CC(OC)C3)cc2)c2cc(NC(=O)[C@H]3C[C@H]3C)ncc12. The molecular formula is C27H29N5O2. The number of hydrogen-bond donors (Lipinski definition) is 2. The van der Waals surface area contributed by atoms with Crippen LogP contribution in [0, 0.1) is 23.7 Å². The summed E-state index contributed by atoms with van der Waals surface area (Å²) >= 11 is 0. The van der Waals surface area contributed by atoms with E-state index in [9.17, 15) is 4.79 Å². The van der Waals surface area contributed by atoms with E-state index < -0.39 is 0 Å². The third-order valence-corrected chi connectivity index (χ3v) is 6.66. The Balaban J connectivity index is 1.36. The van der Waals surface area contributed by atoms with Gasteiger partial charge in [-0.2, -0.15) is 0 Å². The first-order chi connectivity index (χ1) is 16.5. The van der Waals surface area contributed by atoms with Gasteiger partial charge in [-0.15, -0.1) is 0 Å². The monoisotopic (exact) mass is 455 g/mol. The molecule has 1 aliphatic heterocycles. The molecule has 2 N–H and O–H groups in total. The van der Waals surface area contributed by atoms with Crippen molar-refractivity contribution in [2.75, 3.05) is 37.9 Å². The molecule has 0 unspecified atom stereocenters. The summed E-state index contributed by atoms with van der Waals surface area (Å²) in [6, 6.07) is 10.2. The maximum Gasteiger partial charge on any atom is 0.228 e. The summed E-state index contributed by atoms with van der Waals surface area (Å²) in [6.45, 7) is 4.98. The summed E-state index contributed by atoms with van der Waals surface area (Å²) in [5.41, 5.74) is 3.00. The number of hydrogen-bond acceptors (Lipinski definition) is 6. The lowest BCUT2D eigenvalue weighted by Gasteiger charge is -2.38. The van der Waals surface area contributed by atoms with Crippen molar-refractivity contribution < 1.29 is 9.53 Å². The number of methoxy groups -OCH3 is 1. The van der Waals surface area contributed by atoms with Gasteiger partial charge in [-0.05, 0) is 36.1 Å². The zero-order valence-corrected chi connectivity index (χ0v) is 19.8. The van der Waals surface area contributed by atoms with Gasteiger partial charge in [-0.25, -0.2) is 9.97 Å². The molecule has 1 aliphatic carbocycles. The highest BCUT2D eigenvalue weighted by Crippen LogP contribution is 2.38. The van der Waals surface area contributed by atoms with Crippen molar-refractivity contribution in [3.05, 3.63) is 59.4 Å². The number of carbonyl (C=O) groups is 1. The Morgan fingerprint density at radius 2 is 1.91 bits per heavy atom. The van der Waals surface area contributed by atoms with E-state index in [4.69, 9.17) is 4.74 Å². The zero-order valence-electron chi connectivity index (χ0n) is 19.8. The third-order valence-electron chi connectivity index (χ3n) is 6.66. The van der Waals surface area contributed by atoms with Crippen molar-refractivity contribution in [3.8, 4) is 11.8 Å². The Kier molecular flexibility index (Phi) is 6.18. The van der Waals surface area contributed by atoms with Crippen molar-refractivity contribution in [2.24, 2.45) is 11.8 Å². The molecule has 7 nitrogen and oxygen atoms in total. The number of fused-ring (bicyclic) bond motifs is 1. The average Bonchev–Trinajstić information content (AvgIpc) is 3.57. The molecule has 2 atom stereocenters. The number of nitrogens with one attached hydrogen (secondary N) is 2. The maximum atomic E-state index is 12.4. The van der Waals surface area contributed by atoms with Gasteiger partial charge in [0.25, 0.3) is 0 Å². The van der Waals surface area contributed by atoms with Gasteiger partial charge in [0.05, 0.1) is 11.7 Å². The highest BCUT2D eigenvalue weighted by Gasteiger charge is 2.39. The van der Waals surface area contributed by atoms with Gasteiger partial charge in [0, 0.05) is 68.4 Å². The van der Waals surface area contributed by atoms with Crippen LogP contribution in [-0.4, -0.2) is 54.1 Å². The molecule has 2 aliphatic rings. The minimum Gasteiger partial charge on any atom is -0.379 e. The summed E-state index contributed by atoms with van der Waals surface area (Å²) in [5, 5.41) is 7.83. The molecule has 174 valence electrons. The number of anilines is 2. The predicted molar refractivity (Wildman–Crippen MR) is 133 cm³/mol. The van der Waals surface area contributed by atoms with Gasteiger partial charge in [-0.1, -0.05) is 30.9 Å². The van der Waals surface area contributed by atoms with Crippen LogP contribution in [0.15, 0.2) is 42.7 Å². The second-order valence-corrected chi connectivity index (χ2v) is 9.19. The van der Waals surface area contributed by atoms with E-state index in [1.165, 1.54) is 5.56 Å². The molecule has 3 aromatic rings. The van der Waals surface area contributed by atoms with Gasteiger partial charge in [0.15, 0.2) is 0 Å². The van der Waals surface area contributed by atoms with E-state index in [-0.39, 0.29) is 11.8 Å². The highest BCUT2D eigenvalue weighted by atomic mass is 16.5. The average molecular weight is 456 g/mol. The highest BCUT2D eigenvalue weighted by molar-refractivity contribution is 5.99. The number of pyridine rings is 2. The molecular weight excluding hydrogens is 426 g/mol. The first-order valence-electron chi connectivity index (χ1n) is 11.7. The van der Waals surface area contributed by atoms with E-state index in [0.717, 1.165) is 53.8 Å². The Morgan fingerprint density at radius 3 is 2.59 bits per heavy atom. The lowest BCUT2D eigenvalue weighted by molar-refractivity contribution is -0.117. The fourth-order valence-corrected chi connectivity index (χ4v) is 4.30. The Hall–Kier alpha value is -3.47. The molecule has 3 heterocycles. The summed E-state index contributed by atoms with van der Waals surface area (Å²) in [5.74, 6) is 8.36. The van der Waals surface area contributed by atoms with Crippen LogP contribution < -0.4 is 10.6 Å². The Bertz CT molecular complexity index is 1270. The fraction of sp³-hybridized carbons (Fsp3) is 0.370. The van der Waals surface area contributed by atoms with Crippen LogP contribution in [0.3, 0.4) is 0 Å². The van der Waals surface area contributed by atoms with Gasteiger partial charge >= 0.3 is 0 Å². The van der Waals surface area contributed by atoms with Crippen LogP contribution in [0.2, 0.25) is 0 Å². The van der Waals surface area contributed by atoms with E-state index in [1.807, 2.05) is 13.1 Å². The standard InChI is InChI=1S/C27H29N5O2/c1-17-10-22(17)27(33)31-25-11-23-20(12-30-26(28-2)24(23)13-29-25)9-8-18-4-6-19(7-5-18)14-32-15-21(16-32)34-3/h4-7,11-13,17,21-22H,10,14-16H2,1-3H3,(H,28,30)(H,29,31,33)/t17-,22+/m1/s1. The minimum atomic E-state index is 0.0333. The van der Waals surface area contributed by atoms with Gasteiger partial charge in [0.1, 0.15) is 11.6 Å². The zero-order chi connectivity index (χ0) is 23.7. The number of likely N-dealkylation sites (tertiary alicyclic amines) is 1. The molecule has 2 fully saturated rings. The summed E-state index contributed by atoms with van der Waals surface area (Å²) < 4.78 is 5.34. The van der Waals surface area contributed by atoms with Crippen LogP contribution in [0.5, 0.6) is 0 Å². The number of benzene rings is 1. The topological polar surface area (TPSA) is 79.4 Å². The molecule has 0 radical (unpaired) electrons. The van der Waals surface area contributed by atoms with Gasteiger partial charge in [0.2, 0.25) is 5.91 Å². The lowest BCUT2D eigenvalue weighted by Crippen LogP contribution is -2.50. The van der Waals surface area contributed by atoms with Crippen LogP contribution >= 0.6 is 0 Å². The first kappa shape index (κ1) is 22.3. The lowest BCUT2D eigenvalue weighted by atomic mass is 10.1. The van der Waals surface area contributed by atoms with E-state index in [0.29, 0.717) is 17.8 Å². The summed E-state index contributed by atoms with van der Waals surface area (Å²) in [4.78, 5) is 23.7. The summed E-state index contributed by atoms with van der Waals surface area (Å²) in [7, 11) is 3.59. The van der Waals surface area contributed by atoms with Crippen molar-refractivity contribution >= 4 is 28.3 Å². The minimum absolute atomic E-state index is 0.0333. The quantitative estimate of drug-likeness (QED) is 0.554. The largest absolute Gasteiger partial charge is 0.379 e. The normalized spacial score (nSPS) is 19.7. The van der Waals surface area contributed by atoms with Crippen molar-refractivity contribution in [2.45, 2.75) is 26.0 Å². The molecule has 1 saturated heterocycles. The van der Waals surface area contributed by atoms with Crippen molar-refractivity contribution in [1.29, 1.82) is 0 Å². The number of ether oxygens (including phenoxy) is 1. The van der Waals surface area contributed by atoms with Gasteiger partial charge in [-0.3, -0.25) is 9.69 Å². The maximum absolute atomic E-state index is 12.4. The van der Waals surface area contributed by atoms with Crippen molar-refractivity contribution in [3.63, 3.8) is 0 Å².